The Balaban J connectivity index is 3.55. The van der Waals surface area contributed by atoms with Crippen LogP contribution in [0.2, 0.25) is 0 Å². The normalized spacial score (nSPS) is 14.6. The van der Waals surface area contributed by atoms with Gasteiger partial charge in [-0.2, -0.15) is 26.3 Å². The molecule has 22 heavy (non-hydrogen) atoms. The minimum Gasteiger partial charge on any atom is -0.493 e. The SMILES string of the molecule is COc1cccc([C@@H](O)C(F)(C(F)(F)F)C(F)(F)F)c1OC. The molecule has 0 aliphatic rings. The van der Waals surface area contributed by atoms with Gasteiger partial charge in [0.2, 0.25) is 0 Å². The Kier molecular flexibility index (Phi) is 4.85. The molecule has 1 rings (SSSR count). The van der Waals surface area contributed by atoms with E-state index in [9.17, 15) is 35.8 Å². The number of halogens is 7. The number of aliphatic hydroxyl groups is 1. The first-order valence-electron chi connectivity index (χ1n) is 5.63. The number of methoxy groups -OCH3 is 2. The van der Waals surface area contributed by atoms with Crippen LogP contribution in [0.5, 0.6) is 11.5 Å². The summed E-state index contributed by atoms with van der Waals surface area (Å²) in [6, 6.07) is 2.83. The van der Waals surface area contributed by atoms with Gasteiger partial charge in [0.05, 0.1) is 14.2 Å². The third-order valence-electron chi connectivity index (χ3n) is 2.93. The lowest BCUT2D eigenvalue weighted by molar-refractivity contribution is -0.366. The molecule has 0 amide bonds. The summed E-state index contributed by atoms with van der Waals surface area (Å²) in [5.41, 5.74) is -6.90. The summed E-state index contributed by atoms with van der Waals surface area (Å²) in [6.45, 7) is 0. The Hall–Kier alpha value is -1.71. The first-order valence-corrected chi connectivity index (χ1v) is 5.63. The van der Waals surface area contributed by atoms with Gasteiger partial charge in [-0.3, -0.25) is 0 Å². The largest absolute Gasteiger partial charge is 0.493 e. The highest BCUT2D eigenvalue weighted by Gasteiger charge is 2.76. The van der Waals surface area contributed by atoms with Crippen molar-refractivity contribution in [1.29, 1.82) is 0 Å². The lowest BCUT2D eigenvalue weighted by atomic mass is 9.90. The van der Waals surface area contributed by atoms with Crippen molar-refractivity contribution in [2.75, 3.05) is 14.2 Å². The van der Waals surface area contributed by atoms with Crippen molar-refractivity contribution in [3.8, 4) is 11.5 Å². The number of hydrogen-bond acceptors (Lipinski definition) is 3. The van der Waals surface area contributed by atoms with Crippen LogP contribution in [0.25, 0.3) is 0 Å². The molecule has 126 valence electrons. The minimum absolute atomic E-state index is 0.259. The lowest BCUT2D eigenvalue weighted by Crippen LogP contribution is -2.57. The van der Waals surface area contributed by atoms with Gasteiger partial charge in [0.25, 0.3) is 0 Å². The molecular weight excluding hydrogens is 325 g/mol. The van der Waals surface area contributed by atoms with Crippen LogP contribution in [0.3, 0.4) is 0 Å². The van der Waals surface area contributed by atoms with Gasteiger partial charge in [-0.25, -0.2) is 4.39 Å². The van der Waals surface area contributed by atoms with Gasteiger partial charge in [0.1, 0.15) is 6.10 Å². The molecule has 0 saturated heterocycles. The molecule has 3 nitrogen and oxygen atoms in total. The smallest absolute Gasteiger partial charge is 0.434 e. The standard InChI is InChI=1S/C12H11F7O3/c1-21-7-5-3-4-6(8(7)22-2)9(20)10(13,11(14,15)16)12(17,18)19/h3-5,9,20H,1-2H3/t9-/m1/s1. The zero-order chi connectivity index (χ0) is 17.3. The number of para-hydroxylation sites is 1. The summed E-state index contributed by atoms with van der Waals surface area (Å²) in [7, 11) is 2.00. The monoisotopic (exact) mass is 336 g/mol. The van der Waals surface area contributed by atoms with Gasteiger partial charge in [-0.15, -0.1) is 0 Å². The van der Waals surface area contributed by atoms with Crippen molar-refractivity contribution in [2.24, 2.45) is 0 Å². The zero-order valence-corrected chi connectivity index (χ0v) is 11.2. The van der Waals surface area contributed by atoms with E-state index in [1.807, 2.05) is 0 Å². The fourth-order valence-corrected chi connectivity index (χ4v) is 1.81. The maximum absolute atomic E-state index is 13.8. The number of aliphatic hydroxyl groups excluding tert-OH is 1. The molecule has 10 heteroatoms. The van der Waals surface area contributed by atoms with E-state index in [0.29, 0.717) is 6.07 Å². The molecule has 0 heterocycles. The van der Waals surface area contributed by atoms with Crippen LogP contribution in [-0.4, -0.2) is 37.3 Å². The van der Waals surface area contributed by atoms with Crippen LogP contribution in [0, 0.1) is 0 Å². The first-order chi connectivity index (χ1) is 9.91. The molecule has 1 aromatic rings. The van der Waals surface area contributed by atoms with E-state index in [2.05, 4.69) is 9.47 Å². The Labute approximate surface area is 120 Å². The highest BCUT2D eigenvalue weighted by atomic mass is 19.4. The second kappa shape index (κ2) is 5.82. The summed E-state index contributed by atoms with van der Waals surface area (Å²) in [4.78, 5) is 0. The molecular formula is C12H11F7O3. The highest BCUT2D eigenvalue weighted by molar-refractivity contribution is 5.48. The van der Waals surface area contributed by atoms with E-state index in [-0.39, 0.29) is 5.75 Å². The van der Waals surface area contributed by atoms with E-state index in [1.165, 1.54) is 0 Å². The van der Waals surface area contributed by atoms with Gasteiger partial charge in [-0.1, -0.05) is 12.1 Å². The van der Waals surface area contributed by atoms with Crippen LogP contribution >= 0.6 is 0 Å². The number of alkyl halides is 7. The zero-order valence-electron chi connectivity index (χ0n) is 11.2. The molecule has 0 fully saturated rings. The maximum atomic E-state index is 13.8. The quantitative estimate of drug-likeness (QED) is 0.855. The van der Waals surface area contributed by atoms with Crippen LogP contribution in [0.4, 0.5) is 30.7 Å². The Morgan fingerprint density at radius 2 is 1.41 bits per heavy atom. The second-order valence-electron chi connectivity index (χ2n) is 4.19. The lowest BCUT2D eigenvalue weighted by Gasteiger charge is -2.34. The maximum Gasteiger partial charge on any atom is 0.434 e. The van der Waals surface area contributed by atoms with Crippen molar-refractivity contribution in [1.82, 2.24) is 0 Å². The third kappa shape index (κ3) is 2.79. The summed E-state index contributed by atoms with van der Waals surface area (Å²) < 4.78 is 98.9. The molecule has 0 aromatic heterocycles. The van der Waals surface area contributed by atoms with E-state index in [1.54, 1.807) is 0 Å². The predicted molar refractivity (Wildman–Crippen MR) is 60.5 cm³/mol. The molecule has 0 saturated carbocycles. The number of ether oxygens (including phenoxy) is 2. The van der Waals surface area contributed by atoms with E-state index in [0.717, 1.165) is 26.4 Å². The van der Waals surface area contributed by atoms with Crippen molar-refractivity contribution < 1.29 is 45.3 Å². The molecule has 0 bridgehead atoms. The molecule has 1 aromatic carbocycles. The Bertz CT molecular complexity index is 510. The Morgan fingerprint density at radius 3 is 1.77 bits per heavy atom. The van der Waals surface area contributed by atoms with Crippen molar-refractivity contribution >= 4 is 0 Å². The molecule has 0 unspecified atom stereocenters. The van der Waals surface area contributed by atoms with Crippen LogP contribution in [0.15, 0.2) is 18.2 Å². The molecule has 1 atom stereocenters. The number of benzene rings is 1. The Morgan fingerprint density at radius 1 is 0.909 bits per heavy atom. The summed E-state index contributed by atoms with van der Waals surface area (Å²) in [5.74, 6) is -0.890. The minimum atomic E-state index is -6.39. The second-order valence-corrected chi connectivity index (χ2v) is 4.19. The van der Waals surface area contributed by atoms with Gasteiger partial charge in [-0.05, 0) is 6.07 Å². The summed E-state index contributed by atoms with van der Waals surface area (Å²) in [6.07, 6.45) is -16.4. The average Bonchev–Trinajstić information content (AvgIpc) is 2.41. The topological polar surface area (TPSA) is 38.7 Å². The molecule has 0 radical (unpaired) electrons. The van der Waals surface area contributed by atoms with Gasteiger partial charge < -0.3 is 14.6 Å². The predicted octanol–water partition coefficient (Wildman–Crippen LogP) is 3.57. The molecule has 0 aliphatic carbocycles. The van der Waals surface area contributed by atoms with Gasteiger partial charge in [0, 0.05) is 5.56 Å². The molecule has 0 aliphatic heterocycles. The van der Waals surface area contributed by atoms with Gasteiger partial charge >= 0.3 is 18.0 Å². The molecule has 0 spiro atoms. The summed E-state index contributed by atoms with van der Waals surface area (Å²) >= 11 is 0. The van der Waals surface area contributed by atoms with Gasteiger partial charge in [0.15, 0.2) is 11.5 Å². The van der Waals surface area contributed by atoms with E-state index >= 15 is 0 Å². The van der Waals surface area contributed by atoms with Crippen LogP contribution < -0.4 is 9.47 Å². The number of hydrogen-bond donors (Lipinski definition) is 1. The number of rotatable bonds is 4. The van der Waals surface area contributed by atoms with Crippen LogP contribution in [-0.2, 0) is 0 Å². The first kappa shape index (κ1) is 18.3. The third-order valence-corrected chi connectivity index (χ3v) is 2.93. The van der Waals surface area contributed by atoms with Crippen molar-refractivity contribution in [3.63, 3.8) is 0 Å². The van der Waals surface area contributed by atoms with E-state index < -0.39 is 35.4 Å². The fraction of sp³-hybridized carbons (Fsp3) is 0.500. The van der Waals surface area contributed by atoms with E-state index in [4.69, 9.17) is 0 Å². The molecule has 1 N–H and O–H groups in total. The van der Waals surface area contributed by atoms with Crippen molar-refractivity contribution in [3.05, 3.63) is 23.8 Å². The summed E-state index contributed by atoms with van der Waals surface area (Å²) in [5, 5.41) is 9.49. The fourth-order valence-electron chi connectivity index (χ4n) is 1.81. The van der Waals surface area contributed by atoms with Crippen LogP contribution in [0.1, 0.15) is 11.7 Å². The highest BCUT2D eigenvalue weighted by Crippen LogP contribution is 2.54. The average molecular weight is 336 g/mol. The van der Waals surface area contributed by atoms with Crippen molar-refractivity contribution in [2.45, 2.75) is 24.1 Å².